The van der Waals surface area contributed by atoms with E-state index in [0.717, 1.165) is 0 Å². The molecule has 5 nitrogen and oxygen atoms in total. The molecule has 2 N–H and O–H groups in total. The minimum atomic E-state index is -0.161. The molecule has 0 aliphatic carbocycles. The minimum absolute atomic E-state index is 0.161. The van der Waals surface area contributed by atoms with Crippen molar-refractivity contribution in [2.24, 2.45) is 0 Å². The number of amides is 1. The van der Waals surface area contributed by atoms with Crippen LogP contribution in [0.2, 0.25) is 0 Å². The Morgan fingerprint density at radius 3 is 2.64 bits per heavy atom. The Bertz CT molecular complexity index is 320. The molecule has 1 amide bonds. The molecule has 5 heteroatoms. The van der Waals surface area contributed by atoms with Crippen molar-refractivity contribution in [3.05, 3.63) is 24.8 Å². The molecule has 0 spiro atoms. The quantitative estimate of drug-likeness (QED) is 0.699. The first-order valence-electron chi connectivity index (χ1n) is 4.18. The third kappa shape index (κ3) is 3.22. The third-order valence-corrected chi connectivity index (χ3v) is 1.40. The molecule has 0 saturated carbocycles. The molecule has 1 aromatic heterocycles. The van der Waals surface area contributed by atoms with Crippen molar-refractivity contribution in [1.29, 1.82) is 0 Å². The van der Waals surface area contributed by atoms with Crippen molar-refractivity contribution in [3.8, 4) is 0 Å². The summed E-state index contributed by atoms with van der Waals surface area (Å²) in [6.45, 7) is 5.62. The number of nitrogens with one attached hydrogen (secondary N) is 2. The van der Waals surface area contributed by atoms with Gasteiger partial charge in [-0.25, -0.2) is 0 Å². The van der Waals surface area contributed by atoms with E-state index in [4.69, 9.17) is 0 Å². The Hall–Kier alpha value is -1.91. The normalized spacial score (nSPS) is 9.21. The molecule has 0 unspecified atom stereocenters. The molecule has 0 saturated heterocycles. The van der Waals surface area contributed by atoms with Crippen LogP contribution in [0.4, 0.5) is 11.6 Å². The molecule has 0 fully saturated rings. The number of carbonyl (C=O) groups is 1. The van der Waals surface area contributed by atoms with Gasteiger partial charge in [0.1, 0.15) is 5.82 Å². The zero-order chi connectivity index (χ0) is 10.4. The van der Waals surface area contributed by atoms with Crippen LogP contribution < -0.4 is 10.6 Å². The van der Waals surface area contributed by atoms with Crippen LogP contribution in [-0.4, -0.2) is 22.6 Å². The topological polar surface area (TPSA) is 66.9 Å². The van der Waals surface area contributed by atoms with Gasteiger partial charge in [0.25, 0.3) is 0 Å². The van der Waals surface area contributed by atoms with Gasteiger partial charge in [-0.15, -0.1) is 16.8 Å². The van der Waals surface area contributed by atoms with Gasteiger partial charge >= 0.3 is 0 Å². The monoisotopic (exact) mass is 192 g/mol. The van der Waals surface area contributed by atoms with Crippen molar-refractivity contribution < 1.29 is 4.79 Å². The third-order valence-electron chi connectivity index (χ3n) is 1.40. The summed E-state index contributed by atoms with van der Waals surface area (Å²) in [6.07, 6.45) is 1.73. The molecule has 0 bridgehead atoms. The molecular formula is C9H12N4O. The van der Waals surface area contributed by atoms with Gasteiger partial charge in [-0.2, -0.15) is 0 Å². The predicted octanol–water partition coefficient (Wildman–Crippen LogP) is 1.03. The average Bonchev–Trinajstić information content (AvgIpc) is 2.16. The largest absolute Gasteiger partial charge is 0.365 e. The van der Waals surface area contributed by atoms with E-state index in [1.165, 1.54) is 6.92 Å². The molecule has 0 atom stereocenters. The van der Waals surface area contributed by atoms with Crippen molar-refractivity contribution >= 4 is 17.5 Å². The second-order valence-electron chi connectivity index (χ2n) is 2.65. The van der Waals surface area contributed by atoms with Crippen molar-refractivity contribution in [3.63, 3.8) is 0 Å². The van der Waals surface area contributed by atoms with Crippen molar-refractivity contribution in [1.82, 2.24) is 10.2 Å². The predicted molar refractivity (Wildman–Crippen MR) is 55.0 cm³/mol. The SMILES string of the molecule is C=CCNc1ccc(NC(C)=O)nn1. The van der Waals surface area contributed by atoms with Gasteiger partial charge in [0.05, 0.1) is 0 Å². The minimum Gasteiger partial charge on any atom is -0.365 e. The molecule has 0 radical (unpaired) electrons. The van der Waals surface area contributed by atoms with E-state index in [1.54, 1.807) is 18.2 Å². The molecule has 1 rings (SSSR count). The highest BCUT2D eigenvalue weighted by Crippen LogP contribution is 2.05. The van der Waals surface area contributed by atoms with Crippen LogP contribution in [0.3, 0.4) is 0 Å². The fourth-order valence-corrected chi connectivity index (χ4v) is 0.850. The highest BCUT2D eigenvalue weighted by Gasteiger charge is 1.97. The van der Waals surface area contributed by atoms with Gasteiger partial charge in [-0.3, -0.25) is 4.79 Å². The van der Waals surface area contributed by atoms with Crippen LogP contribution in [0.5, 0.6) is 0 Å². The Morgan fingerprint density at radius 1 is 1.50 bits per heavy atom. The first kappa shape index (κ1) is 10.2. The lowest BCUT2D eigenvalue weighted by Gasteiger charge is -2.02. The van der Waals surface area contributed by atoms with E-state index in [9.17, 15) is 4.79 Å². The van der Waals surface area contributed by atoms with Crippen LogP contribution in [-0.2, 0) is 4.79 Å². The number of aromatic nitrogens is 2. The number of hydrogen-bond donors (Lipinski definition) is 2. The molecular weight excluding hydrogens is 180 g/mol. The number of anilines is 2. The van der Waals surface area contributed by atoms with Gasteiger partial charge in [0, 0.05) is 13.5 Å². The van der Waals surface area contributed by atoms with Crippen LogP contribution in [0.1, 0.15) is 6.92 Å². The maximum atomic E-state index is 10.7. The van der Waals surface area contributed by atoms with E-state index in [2.05, 4.69) is 27.4 Å². The maximum absolute atomic E-state index is 10.7. The summed E-state index contributed by atoms with van der Waals surface area (Å²) < 4.78 is 0. The summed E-state index contributed by atoms with van der Waals surface area (Å²) in [5.41, 5.74) is 0. The van der Waals surface area contributed by atoms with E-state index >= 15 is 0 Å². The van der Waals surface area contributed by atoms with E-state index in [1.807, 2.05) is 0 Å². The molecule has 14 heavy (non-hydrogen) atoms. The zero-order valence-electron chi connectivity index (χ0n) is 7.95. The number of carbonyl (C=O) groups excluding carboxylic acids is 1. The molecule has 0 aliphatic heterocycles. The lowest BCUT2D eigenvalue weighted by atomic mass is 10.4. The molecule has 0 aromatic carbocycles. The summed E-state index contributed by atoms with van der Waals surface area (Å²) >= 11 is 0. The number of hydrogen-bond acceptors (Lipinski definition) is 4. The molecule has 74 valence electrons. The lowest BCUT2D eigenvalue weighted by molar-refractivity contribution is -0.114. The molecule has 1 heterocycles. The van der Waals surface area contributed by atoms with Gasteiger partial charge in [0.15, 0.2) is 5.82 Å². The highest BCUT2D eigenvalue weighted by atomic mass is 16.1. The summed E-state index contributed by atoms with van der Waals surface area (Å²) in [4.78, 5) is 10.7. The van der Waals surface area contributed by atoms with Crippen LogP contribution in [0.25, 0.3) is 0 Å². The van der Waals surface area contributed by atoms with Crippen molar-refractivity contribution in [2.75, 3.05) is 17.2 Å². The van der Waals surface area contributed by atoms with Gasteiger partial charge in [0.2, 0.25) is 5.91 Å². The molecule has 1 aromatic rings. The van der Waals surface area contributed by atoms with Crippen LogP contribution in [0, 0.1) is 0 Å². The van der Waals surface area contributed by atoms with Crippen molar-refractivity contribution in [2.45, 2.75) is 6.92 Å². The average molecular weight is 192 g/mol. The molecule has 0 aliphatic rings. The van der Waals surface area contributed by atoms with E-state index in [0.29, 0.717) is 18.2 Å². The van der Waals surface area contributed by atoms with Crippen LogP contribution in [0.15, 0.2) is 24.8 Å². The highest BCUT2D eigenvalue weighted by molar-refractivity contribution is 5.87. The first-order valence-corrected chi connectivity index (χ1v) is 4.18. The second-order valence-corrected chi connectivity index (χ2v) is 2.65. The lowest BCUT2D eigenvalue weighted by Crippen LogP contribution is -2.09. The summed E-state index contributed by atoms with van der Waals surface area (Å²) in [6, 6.07) is 3.42. The summed E-state index contributed by atoms with van der Waals surface area (Å²) in [7, 11) is 0. The van der Waals surface area contributed by atoms with E-state index in [-0.39, 0.29) is 5.91 Å². The zero-order valence-corrected chi connectivity index (χ0v) is 7.95. The Labute approximate surface area is 82.2 Å². The fourth-order valence-electron chi connectivity index (χ4n) is 0.850. The van der Waals surface area contributed by atoms with Gasteiger partial charge < -0.3 is 10.6 Å². The Balaban J connectivity index is 2.58. The standard InChI is InChI=1S/C9H12N4O/c1-3-6-10-8-4-5-9(13-12-8)11-7(2)14/h3-5H,1,6H2,2H3,(H,10,12)(H,11,13,14). The second kappa shape index (κ2) is 4.96. The first-order chi connectivity index (χ1) is 6.72. The Kier molecular flexibility index (Phi) is 3.60. The summed E-state index contributed by atoms with van der Waals surface area (Å²) in [5, 5.41) is 13.1. The maximum Gasteiger partial charge on any atom is 0.222 e. The van der Waals surface area contributed by atoms with E-state index < -0.39 is 0 Å². The number of nitrogens with zero attached hydrogens (tertiary/aromatic N) is 2. The number of rotatable bonds is 4. The summed E-state index contributed by atoms with van der Waals surface area (Å²) in [5.74, 6) is 0.937. The fraction of sp³-hybridized carbons (Fsp3) is 0.222. The van der Waals surface area contributed by atoms with Gasteiger partial charge in [-0.05, 0) is 12.1 Å². The Morgan fingerprint density at radius 2 is 2.14 bits per heavy atom. The van der Waals surface area contributed by atoms with Crippen LogP contribution >= 0.6 is 0 Å². The van der Waals surface area contributed by atoms with Gasteiger partial charge in [-0.1, -0.05) is 6.08 Å². The smallest absolute Gasteiger partial charge is 0.222 e.